The fourth-order valence-electron chi connectivity index (χ4n) is 5.62. The van der Waals surface area contributed by atoms with E-state index in [1.165, 1.54) is 29.7 Å². The Morgan fingerprint density at radius 1 is 1.25 bits per heavy atom. The highest BCUT2D eigenvalue weighted by Gasteiger charge is 2.60. The zero-order valence-electron chi connectivity index (χ0n) is 15.0. The summed E-state index contributed by atoms with van der Waals surface area (Å²) in [6.45, 7) is 9.39. The summed E-state index contributed by atoms with van der Waals surface area (Å²) in [5.41, 5.74) is 4.41. The number of fused-ring (bicyclic) bond motifs is 3. The number of rotatable bonds is 0. The summed E-state index contributed by atoms with van der Waals surface area (Å²) in [7, 11) is 0. The van der Waals surface area contributed by atoms with Crippen LogP contribution in [0.25, 0.3) is 0 Å². The normalized spacial score (nSPS) is 29.0. The molecule has 3 aliphatic rings. The molecule has 0 spiro atoms. The molecule has 4 nitrogen and oxygen atoms in total. The number of nitrogens with zero attached hydrogens (tertiary/aromatic N) is 2. The Kier molecular flexibility index (Phi) is 3.38. The molecule has 0 radical (unpaired) electrons. The van der Waals surface area contributed by atoms with Gasteiger partial charge in [-0.05, 0) is 42.2 Å². The van der Waals surface area contributed by atoms with Gasteiger partial charge >= 0.3 is 6.09 Å². The van der Waals surface area contributed by atoms with Crippen molar-refractivity contribution in [1.29, 1.82) is 0 Å². The van der Waals surface area contributed by atoms with Crippen LogP contribution in [0.1, 0.15) is 57.1 Å². The summed E-state index contributed by atoms with van der Waals surface area (Å²) in [4.78, 5) is 15.9. The smallest absolute Gasteiger partial charge is 0.407 e. The molecule has 0 unspecified atom stereocenters. The van der Waals surface area contributed by atoms with Gasteiger partial charge in [0, 0.05) is 31.2 Å². The van der Waals surface area contributed by atoms with E-state index in [2.05, 4.69) is 43.9 Å². The van der Waals surface area contributed by atoms with E-state index in [-0.39, 0.29) is 16.9 Å². The van der Waals surface area contributed by atoms with Crippen LogP contribution in [0.15, 0.2) is 18.2 Å². The zero-order chi connectivity index (χ0) is 17.1. The van der Waals surface area contributed by atoms with Crippen molar-refractivity contribution in [2.24, 2.45) is 5.41 Å². The first-order valence-corrected chi connectivity index (χ1v) is 9.23. The third kappa shape index (κ3) is 1.95. The van der Waals surface area contributed by atoms with Gasteiger partial charge in [-0.3, -0.25) is 0 Å². The number of piperidine rings is 1. The first-order valence-electron chi connectivity index (χ1n) is 9.23. The lowest BCUT2D eigenvalue weighted by Gasteiger charge is -2.56. The summed E-state index contributed by atoms with van der Waals surface area (Å²) in [6.07, 6.45) is 3.76. The van der Waals surface area contributed by atoms with E-state index < -0.39 is 6.09 Å². The molecule has 3 aliphatic heterocycles. The lowest BCUT2D eigenvalue weighted by atomic mass is 9.62. The Bertz CT molecular complexity index is 679. The van der Waals surface area contributed by atoms with Crippen molar-refractivity contribution in [3.63, 3.8) is 0 Å². The second kappa shape index (κ2) is 5.14. The highest BCUT2D eigenvalue weighted by atomic mass is 16.4. The van der Waals surface area contributed by atoms with Gasteiger partial charge in [0.25, 0.3) is 0 Å². The van der Waals surface area contributed by atoms with Crippen LogP contribution in [-0.2, 0) is 6.42 Å². The van der Waals surface area contributed by atoms with Crippen LogP contribution in [0.4, 0.5) is 10.5 Å². The van der Waals surface area contributed by atoms with Crippen LogP contribution in [0.2, 0.25) is 0 Å². The SMILES string of the molecule is CC(C)(C)[C@]12CCN(C(=O)O)C[C@H]1c1cccc3c1N2CCCC3. The molecule has 2 atom stereocenters. The third-order valence-corrected chi connectivity index (χ3v) is 6.67. The highest BCUT2D eigenvalue weighted by molar-refractivity contribution is 5.72. The van der Waals surface area contributed by atoms with Gasteiger partial charge < -0.3 is 14.9 Å². The van der Waals surface area contributed by atoms with Crippen molar-refractivity contribution >= 4 is 11.8 Å². The molecule has 1 amide bonds. The summed E-state index contributed by atoms with van der Waals surface area (Å²) < 4.78 is 0. The number of carboxylic acid groups (broad SMARTS) is 1. The quantitative estimate of drug-likeness (QED) is 0.780. The molecular weight excluding hydrogens is 300 g/mol. The minimum absolute atomic E-state index is 0.0295. The van der Waals surface area contributed by atoms with Crippen LogP contribution in [0.3, 0.4) is 0 Å². The number of para-hydroxylation sites is 1. The van der Waals surface area contributed by atoms with Gasteiger partial charge in [-0.2, -0.15) is 0 Å². The highest BCUT2D eigenvalue weighted by Crippen LogP contribution is 2.60. The molecule has 3 heterocycles. The van der Waals surface area contributed by atoms with Gasteiger partial charge in [-0.15, -0.1) is 0 Å². The number of benzene rings is 1. The number of anilines is 1. The van der Waals surface area contributed by atoms with Crippen molar-refractivity contribution in [3.8, 4) is 0 Å². The lowest BCUT2D eigenvalue weighted by molar-refractivity contribution is 0.0571. The fraction of sp³-hybridized carbons (Fsp3) is 0.650. The summed E-state index contributed by atoms with van der Waals surface area (Å²) in [5.74, 6) is 0.274. The molecule has 1 fully saturated rings. The van der Waals surface area contributed by atoms with Crippen molar-refractivity contribution in [2.75, 3.05) is 24.5 Å². The van der Waals surface area contributed by atoms with Crippen LogP contribution >= 0.6 is 0 Å². The number of hydrogen-bond donors (Lipinski definition) is 1. The second-order valence-electron chi connectivity index (χ2n) is 8.67. The Labute approximate surface area is 144 Å². The topological polar surface area (TPSA) is 43.8 Å². The molecule has 0 bridgehead atoms. The predicted octanol–water partition coefficient (Wildman–Crippen LogP) is 4.10. The predicted molar refractivity (Wildman–Crippen MR) is 95.9 cm³/mol. The molecule has 24 heavy (non-hydrogen) atoms. The molecule has 0 aliphatic carbocycles. The molecule has 0 saturated carbocycles. The first-order chi connectivity index (χ1) is 11.4. The molecule has 1 aromatic rings. The van der Waals surface area contributed by atoms with E-state index >= 15 is 0 Å². The molecular formula is C20H28N2O2. The van der Waals surface area contributed by atoms with Gasteiger partial charge in [0.1, 0.15) is 0 Å². The largest absolute Gasteiger partial charge is 0.465 e. The second-order valence-corrected chi connectivity index (χ2v) is 8.67. The van der Waals surface area contributed by atoms with E-state index in [1.807, 2.05) is 0 Å². The summed E-state index contributed by atoms with van der Waals surface area (Å²) >= 11 is 0. The minimum atomic E-state index is -0.777. The van der Waals surface area contributed by atoms with Gasteiger partial charge in [-0.25, -0.2) is 4.79 Å². The number of likely N-dealkylation sites (tertiary alicyclic amines) is 1. The maximum Gasteiger partial charge on any atom is 0.407 e. The monoisotopic (exact) mass is 328 g/mol. The van der Waals surface area contributed by atoms with E-state index in [9.17, 15) is 9.90 Å². The van der Waals surface area contributed by atoms with E-state index in [0.29, 0.717) is 13.1 Å². The molecule has 4 heteroatoms. The molecule has 4 rings (SSSR count). The van der Waals surface area contributed by atoms with Crippen molar-refractivity contribution in [3.05, 3.63) is 29.3 Å². The number of amides is 1. The number of carbonyl (C=O) groups is 1. The fourth-order valence-corrected chi connectivity index (χ4v) is 5.62. The number of aryl methyl sites for hydroxylation is 1. The Hall–Kier alpha value is -1.71. The molecule has 130 valence electrons. The van der Waals surface area contributed by atoms with Crippen LogP contribution in [0.5, 0.6) is 0 Å². The van der Waals surface area contributed by atoms with E-state index in [1.54, 1.807) is 4.90 Å². The van der Waals surface area contributed by atoms with Crippen molar-refractivity contribution < 1.29 is 9.90 Å². The molecule has 1 N–H and O–H groups in total. The molecule has 1 saturated heterocycles. The average Bonchev–Trinajstić information content (AvgIpc) is 2.66. The first kappa shape index (κ1) is 15.8. The van der Waals surface area contributed by atoms with Gasteiger partial charge in [0.2, 0.25) is 0 Å². The minimum Gasteiger partial charge on any atom is -0.465 e. The van der Waals surface area contributed by atoms with Crippen molar-refractivity contribution in [1.82, 2.24) is 4.90 Å². The standard InChI is InChI=1S/C20H28N2O2/c1-19(2,3)20-10-12-21(18(23)24)13-16(20)15-9-6-8-14-7-4-5-11-22(20)17(14)15/h6,8-9,16H,4-5,7,10-13H2,1-3H3,(H,23,24)/t16-,20-/m0/s1. The van der Waals surface area contributed by atoms with Crippen LogP contribution in [0, 0.1) is 5.41 Å². The summed E-state index contributed by atoms with van der Waals surface area (Å²) in [5, 5.41) is 9.54. The average molecular weight is 328 g/mol. The van der Waals surface area contributed by atoms with Gasteiger partial charge in [0.15, 0.2) is 0 Å². The van der Waals surface area contributed by atoms with Gasteiger partial charge in [-0.1, -0.05) is 39.0 Å². The lowest BCUT2D eigenvalue weighted by Crippen LogP contribution is -2.64. The van der Waals surface area contributed by atoms with Crippen LogP contribution < -0.4 is 4.90 Å². The Morgan fingerprint density at radius 3 is 2.75 bits per heavy atom. The zero-order valence-corrected chi connectivity index (χ0v) is 15.0. The van der Waals surface area contributed by atoms with Crippen LogP contribution in [-0.4, -0.2) is 41.3 Å². The van der Waals surface area contributed by atoms with E-state index in [0.717, 1.165) is 19.4 Å². The third-order valence-electron chi connectivity index (χ3n) is 6.67. The maximum atomic E-state index is 11.6. The molecule has 1 aromatic carbocycles. The van der Waals surface area contributed by atoms with Crippen molar-refractivity contribution in [2.45, 2.75) is 57.9 Å². The maximum absolute atomic E-state index is 11.6. The molecule has 0 aromatic heterocycles. The Balaban J connectivity index is 1.91. The van der Waals surface area contributed by atoms with E-state index in [4.69, 9.17) is 0 Å². The Morgan fingerprint density at radius 2 is 2.04 bits per heavy atom. The summed E-state index contributed by atoms with van der Waals surface area (Å²) in [6, 6.07) is 6.70. The number of hydrogen-bond acceptors (Lipinski definition) is 2. The van der Waals surface area contributed by atoms with Gasteiger partial charge in [0.05, 0.1) is 5.54 Å².